The summed E-state index contributed by atoms with van der Waals surface area (Å²) in [6, 6.07) is 17.9. The first kappa shape index (κ1) is 19.7. The average Bonchev–Trinajstić information content (AvgIpc) is 2.76. The van der Waals surface area contributed by atoms with Crippen LogP contribution in [0.2, 0.25) is 5.02 Å². The van der Waals surface area contributed by atoms with Crippen molar-refractivity contribution in [1.29, 1.82) is 5.26 Å². The van der Waals surface area contributed by atoms with E-state index >= 15 is 0 Å². The van der Waals surface area contributed by atoms with Crippen molar-refractivity contribution in [1.82, 2.24) is 10.4 Å². The minimum atomic E-state index is -0.610. The van der Waals surface area contributed by atoms with Gasteiger partial charge in [0.05, 0.1) is 17.6 Å². The van der Waals surface area contributed by atoms with Crippen molar-refractivity contribution in [2.45, 2.75) is 25.2 Å². The number of nitriles is 1. The maximum Gasteiger partial charge on any atom is 0.270 e. The predicted octanol–water partition coefficient (Wildman–Crippen LogP) is 3.79. The monoisotopic (exact) mass is 418 g/mol. The number of carbonyl (C=O) groups is 2. The zero-order valence-corrected chi connectivity index (χ0v) is 16.8. The zero-order chi connectivity index (χ0) is 21.3. The lowest BCUT2D eigenvalue weighted by atomic mass is 9.76. The summed E-state index contributed by atoms with van der Waals surface area (Å²) in [5.41, 5.74) is 11.6. The molecule has 1 aliphatic heterocycles. The van der Waals surface area contributed by atoms with Gasteiger partial charge in [0.25, 0.3) is 5.91 Å². The number of nitrogens with zero attached hydrogens (tertiary/aromatic N) is 2. The molecule has 2 aromatic carbocycles. The Kier molecular flexibility index (Phi) is 5.30. The second kappa shape index (κ2) is 8.05. The second-order valence-corrected chi connectivity index (χ2v) is 7.61. The van der Waals surface area contributed by atoms with E-state index < -0.39 is 5.92 Å². The van der Waals surface area contributed by atoms with Crippen LogP contribution in [0.25, 0.3) is 0 Å². The highest BCUT2D eigenvalue weighted by Gasteiger charge is 2.40. The molecule has 0 radical (unpaired) electrons. The van der Waals surface area contributed by atoms with Crippen LogP contribution in [0, 0.1) is 11.3 Å². The summed E-state index contributed by atoms with van der Waals surface area (Å²) in [6.45, 7) is 0. The molecular weight excluding hydrogens is 400 g/mol. The summed E-state index contributed by atoms with van der Waals surface area (Å²) in [5.74, 6) is -0.927. The van der Waals surface area contributed by atoms with Crippen LogP contribution < -0.4 is 11.2 Å². The van der Waals surface area contributed by atoms with Crippen molar-refractivity contribution in [3.63, 3.8) is 0 Å². The molecule has 1 atom stereocenters. The number of ketones is 1. The van der Waals surface area contributed by atoms with Crippen molar-refractivity contribution in [2.75, 3.05) is 0 Å². The number of Topliss-reactive ketones (excluding diaryl/α,β-unsaturated/α-hetero) is 1. The first-order chi connectivity index (χ1) is 14.5. The van der Waals surface area contributed by atoms with Gasteiger partial charge in [-0.2, -0.15) is 5.26 Å². The van der Waals surface area contributed by atoms with Crippen LogP contribution in [0.15, 0.2) is 77.3 Å². The van der Waals surface area contributed by atoms with Gasteiger partial charge in [-0.05, 0) is 42.7 Å². The third-order valence-corrected chi connectivity index (χ3v) is 5.58. The number of rotatable bonds is 3. The lowest BCUT2D eigenvalue weighted by molar-refractivity contribution is -0.116. The van der Waals surface area contributed by atoms with Crippen LogP contribution in [0.1, 0.15) is 41.1 Å². The Hall–Kier alpha value is -3.56. The van der Waals surface area contributed by atoms with E-state index in [0.717, 1.165) is 5.56 Å². The molecule has 30 heavy (non-hydrogen) atoms. The summed E-state index contributed by atoms with van der Waals surface area (Å²) in [6.07, 6.45) is 1.59. The first-order valence-corrected chi connectivity index (χ1v) is 9.96. The second-order valence-electron chi connectivity index (χ2n) is 7.18. The molecule has 2 aromatic rings. The van der Waals surface area contributed by atoms with Crippen molar-refractivity contribution < 1.29 is 9.59 Å². The Balaban J connectivity index is 1.83. The fourth-order valence-corrected chi connectivity index (χ4v) is 4.19. The molecule has 0 fully saturated rings. The number of hydrogen-bond donors (Lipinski definition) is 2. The van der Waals surface area contributed by atoms with Crippen molar-refractivity contribution in [3.05, 3.63) is 93.4 Å². The van der Waals surface area contributed by atoms with Crippen LogP contribution in [-0.2, 0) is 4.79 Å². The first-order valence-electron chi connectivity index (χ1n) is 9.59. The van der Waals surface area contributed by atoms with E-state index in [4.69, 9.17) is 17.3 Å². The highest BCUT2D eigenvalue weighted by atomic mass is 35.5. The van der Waals surface area contributed by atoms with Crippen molar-refractivity contribution in [2.24, 2.45) is 5.73 Å². The van der Waals surface area contributed by atoms with Gasteiger partial charge in [0.15, 0.2) is 5.78 Å². The maximum atomic E-state index is 13.0. The van der Waals surface area contributed by atoms with Gasteiger partial charge in [-0.3, -0.25) is 15.0 Å². The Morgan fingerprint density at radius 2 is 1.93 bits per heavy atom. The maximum absolute atomic E-state index is 13.0. The predicted molar refractivity (Wildman–Crippen MR) is 113 cm³/mol. The van der Waals surface area contributed by atoms with E-state index in [-0.39, 0.29) is 23.1 Å². The molecule has 1 amide bonds. The SMILES string of the molecule is N#CC1=C(N)N(NC(=O)c2ccccc2)C2=C(C(=O)CCC2)C1c1cccc(Cl)c1. The number of nitrogens with two attached hydrogens (primary N) is 1. The quantitative estimate of drug-likeness (QED) is 0.790. The van der Waals surface area contributed by atoms with Gasteiger partial charge in [-0.15, -0.1) is 0 Å². The molecule has 150 valence electrons. The topological polar surface area (TPSA) is 99.2 Å². The number of hydrazine groups is 1. The Morgan fingerprint density at radius 3 is 2.63 bits per heavy atom. The molecule has 0 saturated carbocycles. The van der Waals surface area contributed by atoms with Gasteiger partial charge in [-0.1, -0.05) is 41.9 Å². The van der Waals surface area contributed by atoms with E-state index in [1.165, 1.54) is 5.01 Å². The number of halogens is 1. The van der Waals surface area contributed by atoms with Gasteiger partial charge in [-0.25, -0.2) is 5.01 Å². The minimum absolute atomic E-state index is 0.0552. The van der Waals surface area contributed by atoms with Crippen LogP contribution in [0.3, 0.4) is 0 Å². The molecule has 0 saturated heterocycles. The lowest BCUT2D eigenvalue weighted by Crippen LogP contribution is -2.48. The van der Waals surface area contributed by atoms with E-state index in [1.807, 2.05) is 12.1 Å². The Bertz CT molecular complexity index is 1130. The third kappa shape index (κ3) is 3.44. The van der Waals surface area contributed by atoms with E-state index in [9.17, 15) is 14.9 Å². The molecule has 1 unspecified atom stereocenters. The smallest absolute Gasteiger partial charge is 0.270 e. The lowest BCUT2D eigenvalue weighted by Gasteiger charge is -2.39. The molecule has 7 heteroatoms. The molecule has 2 aliphatic rings. The zero-order valence-electron chi connectivity index (χ0n) is 16.1. The number of amides is 1. The molecule has 1 aliphatic carbocycles. The number of benzene rings is 2. The molecule has 1 heterocycles. The summed E-state index contributed by atoms with van der Waals surface area (Å²) in [5, 5.41) is 11.8. The van der Waals surface area contributed by atoms with Crippen LogP contribution in [0.4, 0.5) is 0 Å². The van der Waals surface area contributed by atoms with Gasteiger partial charge in [0, 0.05) is 28.3 Å². The van der Waals surface area contributed by atoms with Gasteiger partial charge in [0.1, 0.15) is 5.82 Å². The molecule has 0 spiro atoms. The van der Waals surface area contributed by atoms with E-state index in [1.54, 1.807) is 42.5 Å². The standard InChI is InChI=1S/C23H19ClN4O2/c24-16-9-4-8-15(12-16)20-17(13-25)22(26)28(18-10-5-11-19(29)21(18)20)27-23(30)14-6-2-1-3-7-14/h1-4,6-9,12,20H,5,10-11,26H2,(H,27,30). The van der Waals surface area contributed by atoms with Gasteiger partial charge < -0.3 is 5.73 Å². The third-order valence-electron chi connectivity index (χ3n) is 5.34. The molecule has 0 aromatic heterocycles. The van der Waals surface area contributed by atoms with Crippen molar-refractivity contribution >= 4 is 23.3 Å². The summed E-state index contributed by atoms with van der Waals surface area (Å²) in [7, 11) is 0. The van der Waals surface area contributed by atoms with Gasteiger partial charge in [0.2, 0.25) is 0 Å². The van der Waals surface area contributed by atoms with Crippen molar-refractivity contribution in [3.8, 4) is 6.07 Å². The molecule has 0 bridgehead atoms. The summed E-state index contributed by atoms with van der Waals surface area (Å²) >= 11 is 6.17. The van der Waals surface area contributed by atoms with Gasteiger partial charge >= 0.3 is 0 Å². The number of hydrogen-bond acceptors (Lipinski definition) is 5. The van der Waals surface area contributed by atoms with Crippen LogP contribution in [0.5, 0.6) is 0 Å². The highest BCUT2D eigenvalue weighted by Crippen LogP contribution is 2.44. The number of nitrogens with one attached hydrogen (secondary N) is 1. The van der Waals surface area contributed by atoms with Crippen LogP contribution in [-0.4, -0.2) is 16.7 Å². The molecule has 4 rings (SSSR count). The average molecular weight is 419 g/mol. The van der Waals surface area contributed by atoms with E-state index in [2.05, 4.69) is 11.5 Å². The van der Waals surface area contributed by atoms with E-state index in [0.29, 0.717) is 41.1 Å². The minimum Gasteiger partial charge on any atom is -0.383 e. The Labute approximate surface area is 179 Å². The number of carbonyl (C=O) groups excluding carboxylic acids is 2. The molecule has 3 N–H and O–H groups in total. The largest absolute Gasteiger partial charge is 0.383 e. The fraction of sp³-hybridized carbons (Fsp3) is 0.174. The molecular formula is C23H19ClN4O2. The molecule has 6 nitrogen and oxygen atoms in total. The van der Waals surface area contributed by atoms with Crippen LogP contribution >= 0.6 is 11.6 Å². The normalized spacial score (nSPS) is 18.7. The highest BCUT2D eigenvalue weighted by molar-refractivity contribution is 6.30. The Morgan fingerprint density at radius 1 is 1.17 bits per heavy atom. The fourth-order valence-electron chi connectivity index (χ4n) is 3.99. The number of allylic oxidation sites excluding steroid dienone is 3. The summed E-state index contributed by atoms with van der Waals surface area (Å²) < 4.78 is 0. The summed E-state index contributed by atoms with van der Waals surface area (Å²) in [4.78, 5) is 25.7.